The zero-order valence-electron chi connectivity index (χ0n) is 19.4. The molecule has 1 aliphatic rings. The molecule has 1 amide bonds. The van der Waals surface area contributed by atoms with Gasteiger partial charge in [0.15, 0.2) is 0 Å². The number of halogens is 3. The first kappa shape index (κ1) is 24.4. The molecule has 0 atom stereocenters. The molecule has 2 aromatic carbocycles. The monoisotopic (exact) mass is 482 g/mol. The van der Waals surface area contributed by atoms with Crippen molar-refractivity contribution >= 4 is 17.5 Å². The highest BCUT2D eigenvalue weighted by Crippen LogP contribution is 2.31. The van der Waals surface area contributed by atoms with Gasteiger partial charge in [0.05, 0.1) is 0 Å². The fraction of sp³-hybridized carbons (Fsp3) is 0.296. The number of anilines is 1. The first-order valence-corrected chi connectivity index (χ1v) is 11.3. The Balaban J connectivity index is 1.40. The van der Waals surface area contributed by atoms with E-state index >= 15 is 0 Å². The van der Waals surface area contributed by atoms with Gasteiger partial charge in [0.25, 0.3) is 5.92 Å². The van der Waals surface area contributed by atoms with Crippen LogP contribution in [0.15, 0.2) is 54.7 Å². The quantitative estimate of drug-likeness (QED) is 0.398. The van der Waals surface area contributed by atoms with Gasteiger partial charge in [0.2, 0.25) is 5.91 Å². The van der Waals surface area contributed by atoms with Crippen LogP contribution in [-0.2, 0) is 28.4 Å². The SMILES string of the molecule is Cc1cc(Oc2ccnc(NC(=O)C3CC3)c2)ccc1CC(=O)Cc1cc(C(C)(F)F)ccc1F. The Bertz CT molecular complexity index is 1270. The average molecular weight is 483 g/mol. The number of rotatable bonds is 9. The third-order valence-corrected chi connectivity index (χ3v) is 5.81. The summed E-state index contributed by atoms with van der Waals surface area (Å²) in [5, 5.41) is 2.77. The Kier molecular flexibility index (Phi) is 6.91. The Hall–Kier alpha value is -3.68. The predicted octanol–water partition coefficient (Wildman–Crippen LogP) is 6.14. The molecule has 4 rings (SSSR count). The average Bonchev–Trinajstić information content (AvgIpc) is 3.62. The number of pyridine rings is 1. The second-order valence-electron chi connectivity index (χ2n) is 8.92. The molecule has 5 nitrogen and oxygen atoms in total. The van der Waals surface area contributed by atoms with Gasteiger partial charge in [-0.25, -0.2) is 18.2 Å². The molecule has 35 heavy (non-hydrogen) atoms. The molecule has 1 saturated carbocycles. The minimum absolute atomic E-state index is 0.0326. The Morgan fingerprint density at radius 2 is 1.74 bits per heavy atom. The summed E-state index contributed by atoms with van der Waals surface area (Å²) in [6, 6.07) is 11.6. The van der Waals surface area contributed by atoms with Crippen LogP contribution in [0.3, 0.4) is 0 Å². The molecule has 1 N–H and O–H groups in total. The van der Waals surface area contributed by atoms with Crippen LogP contribution in [0.2, 0.25) is 0 Å². The zero-order valence-corrected chi connectivity index (χ0v) is 19.4. The molecule has 8 heteroatoms. The van der Waals surface area contributed by atoms with Gasteiger partial charge in [0, 0.05) is 43.5 Å². The van der Waals surface area contributed by atoms with Gasteiger partial charge in [-0.3, -0.25) is 9.59 Å². The maximum atomic E-state index is 14.1. The van der Waals surface area contributed by atoms with Crippen molar-refractivity contribution in [2.75, 3.05) is 5.32 Å². The van der Waals surface area contributed by atoms with E-state index in [1.54, 1.807) is 36.5 Å². The lowest BCUT2D eigenvalue weighted by atomic mass is 9.97. The minimum atomic E-state index is -3.11. The summed E-state index contributed by atoms with van der Waals surface area (Å²) in [5.74, 6) is -2.63. The smallest absolute Gasteiger partial charge is 0.270 e. The molecule has 1 aromatic heterocycles. The van der Waals surface area contributed by atoms with E-state index in [1.165, 1.54) is 0 Å². The van der Waals surface area contributed by atoms with E-state index in [4.69, 9.17) is 4.74 Å². The van der Waals surface area contributed by atoms with Gasteiger partial charge < -0.3 is 10.1 Å². The molecule has 0 radical (unpaired) electrons. The molecular weight excluding hydrogens is 457 g/mol. The van der Waals surface area contributed by atoms with E-state index in [-0.39, 0.29) is 41.6 Å². The predicted molar refractivity (Wildman–Crippen MR) is 125 cm³/mol. The molecule has 3 aromatic rings. The van der Waals surface area contributed by atoms with Crippen molar-refractivity contribution < 1.29 is 27.5 Å². The van der Waals surface area contributed by atoms with Crippen LogP contribution in [0.4, 0.5) is 19.0 Å². The van der Waals surface area contributed by atoms with E-state index in [2.05, 4.69) is 10.3 Å². The summed E-state index contributed by atoms with van der Waals surface area (Å²) >= 11 is 0. The molecule has 1 fully saturated rings. The lowest BCUT2D eigenvalue weighted by Crippen LogP contribution is -2.14. The van der Waals surface area contributed by atoms with Gasteiger partial charge in [-0.1, -0.05) is 12.1 Å². The zero-order chi connectivity index (χ0) is 25.2. The highest BCUT2D eigenvalue weighted by molar-refractivity contribution is 5.93. The van der Waals surface area contributed by atoms with Crippen molar-refractivity contribution in [3.8, 4) is 11.5 Å². The maximum Gasteiger partial charge on any atom is 0.270 e. The van der Waals surface area contributed by atoms with Crippen molar-refractivity contribution in [2.45, 2.75) is 45.5 Å². The molecule has 0 bridgehead atoms. The lowest BCUT2D eigenvalue weighted by Gasteiger charge is -2.13. The van der Waals surface area contributed by atoms with Crippen LogP contribution in [0.25, 0.3) is 0 Å². The number of hydrogen-bond donors (Lipinski definition) is 1. The number of ketones is 1. The Labute approximate surface area is 201 Å². The van der Waals surface area contributed by atoms with Crippen LogP contribution >= 0.6 is 0 Å². The standard InChI is InChI=1S/C27H25F3N2O3/c1-16-11-22(35-23-9-10-31-25(15-23)32-26(34)17-3-4-17)7-5-18(16)13-21(33)14-19-12-20(27(2,29)30)6-8-24(19)28/h5-12,15,17H,3-4,13-14H2,1-2H3,(H,31,32,34). The molecule has 0 spiro atoms. The van der Waals surface area contributed by atoms with Crippen LogP contribution in [0.5, 0.6) is 11.5 Å². The number of nitrogens with zero attached hydrogens (tertiary/aromatic N) is 1. The molecule has 182 valence electrons. The number of ether oxygens (including phenoxy) is 1. The van der Waals surface area contributed by atoms with Crippen molar-refractivity contribution in [2.24, 2.45) is 5.92 Å². The van der Waals surface area contributed by atoms with Crippen LogP contribution in [-0.4, -0.2) is 16.7 Å². The number of Topliss-reactive ketones (excluding diaryl/α,β-unsaturated/α-hetero) is 1. The highest BCUT2D eigenvalue weighted by atomic mass is 19.3. The fourth-order valence-corrected chi connectivity index (χ4v) is 3.65. The maximum absolute atomic E-state index is 14.1. The largest absolute Gasteiger partial charge is 0.457 e. The van der Waals surface area contributed by atoms with E-state index < -0.39 is 11.7 Å². The Morgan fingerprint density at radius 3 is 2.43 bits per heavy atom. The highest BCUT2D eigenvalue weighted by Gasteiger charge is 2.30. The van der Waals surface area contributed by atoms with Crippen molar-refractivity contribution in [3.05, 3.63) is 82.8 Å². The fourth-order valence-electron chi connectivity index (χ4n) is 3.65. The number of hydrogen-bond acceptors (Lipinski definition) is 4. The number of alkyl halides is 2. The van der Waals surface area contributed by atoms with Crippen LogP contribution < -0.4 is 10.1 Å². The molecule has 0 aliphatic heterocycles. The summed E-state index contributed by atoms with van der Waals surface area (Å²) in [6.45, 7) is 2.55. The number of aromatic nitrogens is 1. The van der Waals surface area contributed by atoms with Gasteiger partial charge in [-0.05, 0) is 66.8 Å². The third kappa shape index (κ3) is 6.47. The number of nitrogens with one attached hydrogen (secondary N) is 1. The van der Waals surface area contributed by atoms with Crippen LogP contribution in [0, 0.1) is 18.7 Å². The number of benzene rings is 2. The van der Waals surface area contributed by atoms with Crippen molar-refractivity contribution in [1.29, 1.82) is 0 Å². The van der Waals surface area contributed by atoms with Crippen molar-refractivity contribution in [1.82, 2.24) is 4.98 Å². The summed E-state index contributed by atoms with van der Waals surface area (Å²) in [5.41, 5.74) is 1.15. The molecule has 1 aliphatic carbocycles. The molecular formula is C27H25F3N2O3. The van der Waals surface area contributed by atoms with E-state index in [1.807, 2.05) is 6.92 Å². The minimum Gasteiger partial charge on any atom is -0.457 e. The Morgan fingerprint density at radius 1 is 1.03 bits per heavy atom. The number of carbonyl (C=O) groups excluding carboxylic acids is 2. The van der Waals surface area contributed by atoms with Gasteiger partial charge >= 0.3 is 0 Å². The number of amides is 1. The van der Waals surface area contributed by atoms with Crippen LogP contribution in [0.1, 0.15) is 42.0 Å². The van der Waals surface area contributed by atoms with Gasteiger partial charge in [0.1, 0.15) is 28.9 Å². The normalized spacial score (nSPS) is 13.4. The third-order valence-electron chi connectivity index (χ3n) is 5.81. The summed E-state index contributed by atoms with van der Waals surface area (Å²) in [6.07, 6.45) is 3.09. The van der Waals surface area contributed by atoms with Gasteiger partial charge in [-0.15, -0.1) is 0 Å². The second kappa shape index (κ2) is 9.90. The lowest BCUT2D eigenvalue weighted by molar-refractivity contribution is -0.118. The summed E-state index contributed by atoms with van der Waals surface area (Å²) in [7, 11) is 0. The number of carbonyl (C=O) groups is 2. The summed E-state index contributed by atoms with van der Waals surface area (Å²) in [4.78, 5) is 28.6. The molecule has 0 unspecified atom stereocenters. The van der Waals surface area contributed by atoms with E-state index in [9.17, 15) is 22.8 Å². The second-order valence-corrected chi connectivity index (χ2v) is 8.92. The first-order chi connectivity index (χ1) is 16.6. The van der Waals surface area contributed by atoms with E-state index in [0.717, 1.165) is 49.1 Å². The van der Waals surface area contributed by atoms with Gasteiger partial charge in [-0.2, -0.15) is 0 Å². The van der Waals surface area contributed by atoms with Crippen molar-refractivity contribution in [3.63, 3.8) is 0 Å². The van der Waals surface area contributed by atoms with E-state index in [0.29, 0.717) is 17.3 Å². The topological polar surface area (TPSA) is 68.3 Å². The number of aryl methyl sites for hydroxylation is 1. The molecule has 0 saturated heterocycles. The molecule has 1 heterocycles. The summed E-state index contributed by atoms with van der Waals surface area (Å²) < 4.78 is 47.1. The first-order valence-electron chi connectivity index (χ1n) is 11.3.